The fourth-order valence-electron chi connectivity index (χ4n) is 2.23. The molecule has 2 N–H and O–H groups in total. The van der Waals surface area contributed by atoms with Crippen molar-refractivity contribution in [3.05, 3.63) is 54.1 Å². The first-order valence-electron chi connectivity index (χ1n) is 6.78. The van der Waals surface area contributed by atoms with E-state index < -0.39 is 5.97 Å². The van der Waals surface area contributed by atoms with Crippen molar-refractivity contribution in [2.45, 2.75) is 6.61 Å². The highest BCUT2D eigenvalue weighted by Gasteiger charge is 2.17. The van der Waals surface area contributed by atoms with E-state index in [1.54, 1.807) is 42.0 Å². The third kappa shape index (κ3) is 2.89. The molecule has 0 bridgehead atoms. The van der Waals surface area contributed by atoms with E-state index in [2.05, 4.69) is 4.98 Å². The zero-order valence-electron chi connectivity index (χ0n) is 12.3. The van der Waals surface area contributed by atoms with Crippen LogP contribution in [0.25, 0.3) is 5.52 Å². The minimum absolute atomic E-state index is 0.0276. The van der Waals surface area contributed by atoms with Crippen LogP contribution in [0.3, 0.4) is 0 Å². The van der Waals surface area contributed by atoms with Crippen LogP contribution in [0.1, 0.15) is 16.3 Å². The zero-order valence-corrected chi connectivity index (χ0v) is 12.3. The van der Waals surface area contributed by atoms with Gasteiger partial charge in [-0.05, 0) is 18.2 Å². The summed E-state index contributed by atoms with van der Waals surface area (Å²) >= 11 is 0. The molecule has 0 fully saturated rings. The van der Waals surface area contributed by atoms with Crippen molar-refractivity contribution in [2.75, 3.05) is 7.11 Å². The molecule has 3 aromatic rings. The Kier molecular flexibility index (Phi) is 3.76. The molecule has 3 rings (SSSR count). The largest absolute Gasteiger partial charge is 0.508 e. The molecule has 7 heteroatoms. The summed E-state index contributed by atoms with van der Waals surface area (Å²) in [6.45, 7) is 0.0758. The summed E-state index contributed by atoms with van der Waals surface area (Å²) in [4.78, 5) is 15.4. The minimum atomic E-state index is -1.17. The number of carbonyl (C=O) groups is 1. The normalized spacial score (nSPS) is 10.7. The Morgan fingerprint density at radius 1 is 1.26 bits per heavy atom. The number of rotatable bonds is 5. The highest BCUT2D eigenvalue weighted by atomic mass is 16.5. The van der Waals surface area contributed by atoms with Gasteiger partial charge in [-0.1, -0.05) is 6.07 Å². The van der Waals surface area contributed by atoms with Crippen LogP contribution in [0, 0.1) is 0 Å². The van der Waals surface area contributed by atoms with Crippen LogP contribution in [0.2, 0.25) is 0 Å². The molecule has 0 radical (unpaired) electrons. The van der Waals surface area contributed by atoms with Gasteiger partial charge in [-0.25, -0.2) is 9.78 Å². The Morgan fingerprint density at radius 3 is 2.78 bits per heavy atom. The van der Waals surface area contributed by atoms with Crippen molar-refractivity contribution in [1.29, 1.82) is 0 Å². The number of carboxylic acids is 1. The predicted molar refractivity (Wildman–Crippen MR) is 81.1 cm³/mol. The summed E-state index contributed by atoms with van der Waals surface area (Å²) in [5.74, 6) is 0.462. The molecule has 2 aromatic heterocycles. The maximum absolute atomic E-state index is 11.3. The predicted octanol–water partition coefficient (Wildman–Crippen LogP) is 2.33. The van der Waals surface area contributed by atoms with E-state index in [1.807, 2.05) is 0 Å². The summed E-state index contributed by atoms with van der Waals surface area (Å²) in [5, 5.41) is 18.8. The molecule has 1 aromatic carbocycles. The van der Waals surface area contributed by atoms with Gasteiger partial charge >= 0.3 is 5.97 Å². The molecule has 0 aliphatic heterocycles. The van der Waals surface area contributed by atoms with Crippen LogP contribution in [0.15, 0.2) is 42.6 Å². The second-order valence-electron chi connectivity index (χ2n) is 4.79. The first kappa shape index (κ1) is 14.7. The number of aromatic hydroxyl groups is 1. The average molecular weight is 314 g/mol. The van der Waals surface area contributed by atoms with Crippen LogP contribution in [-0.4, -0.2) is 32.7 Å². The first-order chi connectivity index (χ1) is 11.1. The van der Waals surface area contributed by atoms with Gasteiger partial charge in [-0.3, -0.25) is 4.40 Å². The Bertz CT molecular complexity index is 872. The van der Waals surface area contributed by atoms with Crippen molar-refractivity contribution in [2.24, 2.45) is 0 Å². The molecule has 7 nitrogen and oxygen atoms in total. The zero-order chi connectivity index (χ0) is 16.4. The molecule has 2 heterocycles. The number of methoxy groups -OCH3 is 1. The summed E-state index contributed by atoms with van der Waals surface area (Å²) in [6.07, 6.45) is 1.55. The number of fused-ring (bicyclic) bond motifs is 1. The fraction of sp³-hybridized carbons (Fsp3) is 0.125. The van der Waals surface area contributed by atoms with Gasteiger partial charge in [0.15, 0.2) is 11.5 Å². The number of aromatic nitrogens is 2. The van der Waals surface area contributed by atoms with Crippen molar-refractivity contribution in [3.8, 4) is 17.2 Å². The van der Waals surface area contributed by atoms with Crippen molar-refractivity contribution < 1.29 is 24.5 Å². The van der Waals surface area contributed by atoms with Crippen molar-refractivity contribution >= 4 is 11.5 Å². The summed E-state index contributed by atoms with van der Waals surface area (Å²) < 4.78 is 12.3. The van der Waals surface area contributed by atoms with Gasteiger partial charge in [0.05, 0.1) is 12.6 Å². The number of hydrogen-bond acceptors (Lipinski definition) is 5. The maximum Gasteiger partial charge on any atom is 0.356 e. The topological polar surface area (TPSA) is 93.3 Å². The lowest BCUT2D eigenvalue weighted by Gasteiger charge is -2.07. The van der Waals surface area contributed by atoms with Gasteiger partial charge in [-0.2, -0.15) is 0 Å². The molecule has 118 valence electrons. The van der Waals surface area contributed by atoms with Crippen LogP contribution in [0.4, 0.5) is 0 Å². The third-order valence-electron chi connectivity index (χ3n) is 3.31. The fourth-order valence-corrected chi connectivity index (χ4v) is 2.23. The lowest BCUT2D eigenvalue weighted by atomic mass is 10.3. The first-order valence-corrected chi connectivity index (χ1v) is 6.78. The molecular weight excluding hydrogens is 300 g/mol. The number of aromatic carboxylic acids is 1. The maximum atomic E-state index is 11.3. The summed E-state index contributed by atoms with van der Waals surface area (Å²) in [6, 6.07) is 9.88. The molecule has 0 aliphatic carbocycles. The van der Waals surface area contributed by atoms with Gasteiger partial charge in [-0.15, -0.1) is 0 Å². The monoisotopic (exact) mass is 314 g/mol. The minimum Gasteiger partial charge on any atom is -0.508 e. The average Bonchev–Trinajstić information content (AvgIpc) is 2.91. The highest BCUT2D eigenvalue weighted by Crippen LogP contribution is 2.22. The lowest BCUT2D eigenvalue weighted by molar-refractivity contribution is 0.0693. The number of carboxylic acid groups (broad SMARTS) is 1. The van der Waals surface area contributed by atoms with Gasteiger partial charge in [0.1, 0.15) is 23.9 Å². The number of benzene rings is 1. The van der Waals surface area contributed by atoms with Crippen molar-refractivity contribution in [3.63, 3.8) is 0 Å². The van der Waals surface area contributed by atoms with Crippen LogP contribution in [0.5, 0.6) is 17.2 Å². The third-order valence-corrected chi connectivity index (χ3v) is 3.31. The second-order valence-corrected chi connectivity index (χ2v) is 4.79. The van der Waals surface area contributed by atoms with Crippen LogP contribution < -0.4 is 9.47 Å². The van der Waals surface area contributed by atoms with Crippen molar-refractivity contribution in [1.82, 2.24) is 9.38 Å². The molecular formula is C16H14N2O5. The standard InChI is InChI=1S/C16H14N2O5/c1-22-11-3-2-4-12(8-11)23-9-14-17-15(16(20)21)13-7-10(19)5-6-18(13)14/h2-8,19H,9H2,1H3,(H,20,21). The molecule has 0 amide bonds. The SMILES string of the molecule is COc1cccc(OCc2nc(C(=O)O)c3cc(O)ccn23)c1. The Morgan fingerprint density at radius 2 is 2.04 bits per heavy atom. The Balaban J connectivity index is 1.92. The quantitative estimate of drug-likeness (QED) is 0.751. The molecule has 0 saturated heterocycles. The van der Waals surface area contributed by atoms with Gasteiger partial charge < -0.3 is 19.7 Å². The van der Waals surface area contributed by atoms with Gasteiger partial charge in [0.2, 0.25) is 0 Å². The van der Waals surface area contributed by atoms with E-state index in [-0.39, 0.29) is 18.1 Å². The van der Waals surface area contributed by atoms with E-state index in [4.69, 9.17) is 9.47 Å². The number of pyridine rings is 1. The number of ether oxygens (including phenoxy) is 2. The molecule has 0 aliphatic rings. The van der Waals surface area contributed by atoms with Gasteiger partial charge in [0.25, 0.3) is 0 Å². The molecule has 0 spiro atoms. The van der Waals surface area contributed by atoms with E-state index >= 15 is 0 Å². The smallest absolute Gasteiger partial charge is 0.356 e. The summed E-state index contributed by atoms with van der Waals surface area (Å²) in [7, 11) is 1.56. The van der Waals surface area contributed by atoms with Crippen LogP contribution >= 0.6 is 0 Å². The van der Waals surface area contributed by atoms with E-state index in [9.17, 15) is 15.0 Å². The Hall–Kier alpha value is -3.22. The lowest BCUT2D eigenvalue weighted by Crippen LogP contribution is -2.01. The number of imidazole rings is 1. The molecule has 0 atom stereocenters. The number of nitrogens with zero attached hydrogens (tertiary/aromatic N) is 2. The molecule has 0 saturated carbocycles. The van der Waals surface area contributed by atoms with E-state index in [0.717, 1.165) is 0 Å². The van der Waals surface area contributed by atoms with E-state index in [1.165, 1.54) is 12.1 Å². The van der Waals surface area contributed by atoms with E-state index in [0.29, 0.717) is 22.8 Å². The number of hydrogen-bond donors (Lipinski definition) is 2. The second kappa shape index (κ2) is 5.88. The molecule has 23 heavy (non-hydrogen) atoms. The summed E-state index contributed by atoms with van der Waals surface area (Å²) in [5.41, 5.74) is 0.173. The van der Waals surface area contributed by atoms with Crippen LogP contribution in [-0.2, 0) is 6.61 Å². The molecule has 0 unspecified atom stereocenters. The highest BCUT2D eigenvalue weighted by molar-refractivity contribution is 5.94. The Labute approximate surface area is 131 Å². The van der Waals surface area contributed by atoms with Gasteiger partial charge in [0, 0.05) is 18.3 Å².